The number of hydrogen-bond donors (Lipinski definition) is 0. The van der Waals surface area contributed by atoms with Crippen LogP contribution < -0.4 is 0 Å². The summed E-state index contributed by atoms with van der Waals surface area (Å²) in [5.41, 5.74) is 0. The second kappa shape index (κ2) is 12.7. The summed E-state index contributed by atoms with van der Waals surface area (Å²) in [5, 5.41) is 4.08. The first-order chi connectivity index (χ1) is 4.72. The molecule has 0 aliphatic carbocycles. The van der Waals surface area contributed by atoms with Crippen LogP contribution in [0.2, 0.25) is 0 Å². The Morgan fingerprint density at radius 3 is 2.00 bits per heavy atom. The molecule has 0 spiro atoms. The molecular weight excluding hydrogens is 184 g/mol. The van der Waals surface area contributed by atoms with Gasteiger partial charge in [-0.15, -0.1) is 6.04 Å². The summed E-state index contributed by atoms with van der Waals surface area (Å²) in [6.07, 6.45) is 2.48. The Morgan fingerprint density at radius 1 is 1.50 bits per heavy atom. The van der Waals surface area contributed by atoms with Crippen LogP contribution in [0.15, 0.2) is 0 Å². The van der Waals surface area contributed by atoms with Crippen LogP contribution in [0, 0.1) is 0 Å². The van der Waals surface area contributed by atoms with Gasteiger partial charge in [-0.2, -0.15) is 7.05 Å². The summed E-state index contributed by atoms with van der Waals surface area (Å²) < 4.78 is 0. The molecule has 0 fully saturated rings. The minimum atomic E-state index is -0.306. The van der Waals surface area contributed by atoms with Crippen molar-refractivity contribution in [1.29, 1.82) is 0 Å². The van der Waals surface area contributed by atoms with Gasteiger partial charge in [-0.25, -0.2) is 0 Å². The molecule has 0 aromatic rings. The van der Waals surface area contributed by atoms with E-state index in [0.29, 0.717) is 6.04 Å². The van der Waals surface area contributed by atoms with Crippen LogP contribution in [-0.2, 0) is 0 Å². The average molecular weight is 198 g/mol. The molecule has 0 saturated carbocycles. The summed E-state index contributed by atoms with van der Waals surface area (Å²) >= 11 is -0.306. The van der Waals surface area contributed by atoms with Gasteiger partial charge in [0.25, 0.3) is 0 Å². The van der Waals surface area contributed by atoms with Gasteiger partial charge < -0.3 is 5.32 Å². The Labute approximate surface area is 78.6 Å². The van der Waals surface area contributed by atoms with E-state index in [0.717, 1.165) is 0 Å². The van der Waals surface area contributed by atoms with Crippen LogP contribution in [0.25, 0.3) is 5.32 Å². The summed E-state index contributed by atoms with van der Waals surface area (Å²) in [7, 11) is 11.6. The molecule has 0 aliphatic rings. The fraction of sp³-hybridized carbons (Fsp3) is 1.00. The van der Waals surface area contributed by atoms with Crippen molar-refractivity contribution in [1.82, 2.24) is 0 Å². The monoisotopic (exact) mass is 197 g/mol. The molecule has 0 bridgehead atoms. The topological polar surface area (TPSA) is 14.1 Å². The number of hydrogen-bond acceptors (Lipinski definition) is 0. The van der Waals surface area contributed by atoms with Crippen molar-refractivity contribution >= 4 is 33.5 Å². The zero-order valence-electron chi connectivity index (χ0n) is 6.77. The molecular formula is C6H14AlCl2N. The molecule has 1 atom stereocenters. The molecule has 10 heavy (non-hydrogen) atoms. The maximum absolute atomic E-state index is 4.85. The van der Waals surface area contributed by atoms with Crippen molar-refractivity contribution in [3.05, 3.63) is 5.32 Å². The molecule has 60 valence electrons. The normalized spacial score (nSPS) is 10.9. The third kappa shape index (κ3) is 16.0. The zero-order valence-corrected chi connectivity index (χ0v) is 9.44. The van der Waals surface area contributed by atoms with Crippen LogP contribution in [0.4, 0.5) is 0 Å². The van der Waals surface area contributed by atoms with Crippen molar-refractivity contribution in [3.63, 3.8) is 0 Å². The van der Waals surface area contributed by atoms with E-state index < -0.39 is 0 Å². The molecule has 1 unspecified atom stereocenters. The van der Waals surface area contributed by atoms with E-state index in [2.05, 4.69) is 19.2 Å². The first-order valence-corrected chi connectivity index (χ1v) is 6.83. The standard InChI is InChI=1S/C6H14N.Al.2ClH/c1-4-5-6(2)7-3;;;/h6H,4-5H2,1-3H3;;2*1H/q-1;+3;;/p-2. The Kier molecular flexibility index (Phi) is 17.4. The second-order valence-corrected chi connectivity index (χ2v) is 4.12. The van der Waals surface area contributed by atoms with E-state index in [-0.39, 0.29) is 13.4 Å². The molecule has 0 saturated heterocycles. The van der Waals surface area contributed by atoms with E-state index >= 15 is 0 Å². The Bertz CT molecular complexity index is 55.0. The van der Waals surface area contributed by atoms with Crippen LogP contribution in [0.3, 0.4) is 0 Å². The minimum absolute atomic E-state index is 0.306. The molecule has 0 aromatic heterocycles. The molecule has 0 heterocycles. The first-order valence-electron chi connectivity index (χ1n) is 3.33. The predicted molar refractivity (Wildman–Crippen MR) is 51.1 cm³/mol. The van der Waals surface area contributed by atoms with E-state index in [1.807, 2.05) is 7.05 Å². The van der Waals surface area contributed by atoms with Crippen molar-refractivity contribution in [3.8, 4) is 0 Å². The third-order valence-electron chi connectivity index (χ3n) is 1.15. The maximum atomic E-state index is 4.85. The Balaban J connectivity index is 0. The van der Waals surface area contributed by atoms with Gasteiger partial charge in [0.05, 0.1) is 0 Å². The number of rotatable bonds is 3. The van der Waals surface area contributed by atoms with Gasteiger partial charge in [-0.1, -0.05) is 26.7 Å². The molecule has 0 aromatic carbocycles. The van der Waals surface area contributed by atoms with Gasteiger partial charge in [0.2, 0.25) is 0 Å². The SMILES string of the molecule is CCCC(C)[N-]C.[Cl][Al+][Cl]. The molecule has 0 aliphatic heterocycles. The zero-order chi connectivity index (χ0) is 8.41. The van der Waals surface area contributed by atoms with Crippen LogP contribution in [0.5, 0.6) is 0 Å². The van der Waals surface area contributed by atoms with Crippen molar-refractivity contribution in [2.75, 3.05) is 7.05 Å². The summed E-state index contributed by atoms with van der Waals surface area (Å²) in [4.78, 5) is 0. The van der Waals surface area contributed by atoms with Gasteiger partial charge in [0, 0.05) is 0 Å². The van der Waals surface area contributed by atoms with Gasteiger partial charge in [-0.3, -0.25) is 0 Å². The van der Waals surface area contributed by atoms with Crippen LogP contribution in [-0.4, -0.2) is 26.5 Å². The van der Waals surface area contributed by atoms with Gasteiger partial charge in [0.15, 0.2) is 0 Å². The van der Waals surface area contributed by atoms with E-state index in [1.165, 1.54) is 12.8 Å². The van der Waals surface area contributed by atoms with Gasteiger partial charge >= 0.3 is 33.5 Å². The molecule has 1 nitrogen and oxygen atoms in total. The average Bonchev–Trinajstić information content (AvgIpc) is 1.90. The first kappa shape index (κ1) is 13.6. The van der Waals surface area contributed by atoms with Crippen LogP contribution >= 0.6 is 20.1 Å². The molecule has 0 N–H and O–H groups in total. The Morgan fingerprint density at radius 2 is 1.90 bits per heavy atom. The summed E-state index contributed by atoms with van der Waals surface area (Å²) in [6, 6.07) is 0.574. The van der Waals surface area contributed by atoms with E-state index in [4.69, 9.17) is 20.1 Å². The predicted octanol–water partition coefficient (Wildman–Crippen LogP) is 3.18. The van der Waals surface area contributed by atoms with Gasteiger partial charge in [0.1, 0.15) is 0 Å². The summed E-state index contributed by atoms with van der Waals surface area (Å²) in [6.45, 7) is 4.32. The molecule has 4 heteroatoms. The van der Waals surface area contributed by atoms with Crippen molar-refractivity contribution in [2.45, 2.75) is 32.7 Å². The fourth-order valence-corrected chi connectivity index (χ4v) is 0.547. The van der Waals surface area contributed by atoms with Crippen LogP contribution in [0.1, 0.15) is 26.7 Å². The quantitative estimate of drug-likeness (QED) is 0.618. The second-order valence-electron chi connectivity index (χ2n) is 1.98. The summed E-state index contributed by atoms with van der Waals surface area (Å²) in [5.74, 6) is 0. The Hall–Kier alpha value is 1.07. The van der Waals surface area contributed by atoms with Crippen molar-refractivity contribution < 1.29 is 0 Å². The molecule has 0 radical (unpaired) electrons. The van der Waals surface area contributed by atoms with E-state index in [1.54, 1.807) is 0 Å². The fourth-order valence-electron chi connectivity index (χ4n) is 0.547. The van der Waals surface area contributed by atoms with E-state index in [9.17, 15) is 0 Å². The molecule has 0 amide bonds. The number of halogens is 2. The van der Waals surface area contributed by atoms with Crippen molar-refractivity contribution in [2.24, 2.45) is 0 Å². The third-order valence-corrected chi connectivity index (χ3v) is 1.15. The van der Waals surface area contributed by atoms with Gasteiger partial charge in [-0.05, 0) is 0 Å². The molecule has 0 rings (SSSR count). The number of nitrogens with zero attached hydrogens (tertiary/aromatic N) is 1.